The van der Waals surface area contributed by atoms with Crippen molar-refractivity contribution in [3.8, 4) is 0 Å². The van der Waals surface area contributed by atoms with Crippen LogP contribution in [0.15, 0.2) is 23.1 Å². The molecule has 0 bridgehead atoms. The Bertz CT molecular complexity index is 429. The number of hydrogen-bond acceptors (Lipinski definition) is 3. The topological polar surface area (TPSA) is 23.5 Å². The fraction of sp³-hybridized carbons (Fsp3) is 0.571. The molecule has 1 heterocycles. The van der Waals surface area contributed by atoms with Crippen molar-refractivity contribution >= 4 is 35.0 Å². The maximum absolute atomic E-state index is 9.90. The zero-order chi connectivity index (χ0) is 13.9. The van der Waals surface area contributed by atoms with Crippen LogP contribution in [0.5, 0.6) is 0 Å². The number of thioether (sulfide) groups is 1. The maximum atomic E-state index is 9.90. The second kappa shape index (κ2) is 6.68. The van der Waals surface area contributed by atoms with Gasteiger partial charge in [0, 0.05) is 35.3 Å². The largest absolute Gasteiger partial charge is 0.390 e. The fourth-order valence-corrected chi connectivity index (χ4v) is 3.63. The molecular formula is C14H19Cl2NOS. The minimum atomic E-state index is -0.472. The first kappa shape index (κ1) is 15.5. The lowest BCUT2D eigenvalue weighted by atomic mass is 9.94. The van der Waals surface area contributed by atoms with Crippen LogP contribution in [0.2, 0.25) is 10.0 Å². The van der Waals surface area contributed by atoms with Crippen molar-refractivity contribution in [1.82, 2.24) is 4.90 Å². The summed E-state index contributed by atoms with van der Waals surface area (Å²) in [7, 11) is 0. The lowest BCUT2D eigenvalue weighted by molar-refractivity contribution is -0.00365. The number of halogens is 2. The van der Waals surface area contributed by atoms with E-state index in [-0.39, 0.29) is 0 Å². The molecule has 0 aromatic heterocycles. The third-order valence-electron chi connectivity index (χ3n) is 3.49. The highest BCUT2D eigenvalue weighted by molar-refractivity contribution is 7.99. The molecule has 106 valence electrons. The van der Waals surface area contributed by atoms with E-state index in [0.29, 0.717) is 0 Å². The number of nitrogens with zero attached hydrogens (tertiary/aromatic N) is 1. The minimum Gasteiger partial charge on any atom is -0.390 e. The highest BCUT2D eigenvalue weighted by atomic mass is 35.5. The molecule has 1 aromatic rings. The number of piperidine rings is 1. The summed E-state index contributed by atoms with van der Waals surface area (Å²) in [5.41, 5.74) is -0.472. The van der Waals surface area contributed by atoms with Crippen molar-refractivity contribution < 1.29 is 5.11 Å². The van der Waals surface area contributed by atoms with E-state index in [1.807, 2.05) is 19.1 Å². The molecule has 0 amide bonds. The highest BCUT2D eigenvalue weighted by Gasteiger charge is 2.26. The molecule has 19 heavy (non-hydrogen) atoms. The average molecular weight is 320 g/mol. The molecule has 0 spiro atoms. The third-order valence-corrected chi connectivity index (χ3v) is 5.20. The summed E-state index contributed by atoms with van der Waals surface area (Å²) in [5, 5.41) is 11.4. The Morgan fingerprint density at radius 1 is 1.32 bits per heavy atom. The van der Waals surface area contributed by atoms with Gasteiger partial charge in [0.25, 0.3) is 0 Å². The van der Waals surface area contributed by atoms with E-state index in [4.69, 9.17) is 23.2 Å². The molecule has 0 atom stereocenters. The van der Waals surface area contributed by atoms with E-state index in [0.717, 1.165) is 53.2 Å². The predicted octanol–water partition coefficient (Wildman–Crippen LogP) is 3.93. The lowest BCUT2D eigenvalue weighted by Gasteiger charge is -2.35. The number of likely N-dealkylation sites (tertiary alicyclic amines) is 1. The Morgan fingerprint density at radius 2 is 2.00 bits per heavy atom. The van der Waals surface area contributed by atoms with Crippen LogP contribution in [0.1, 0.15) is 19.8 Å². The summed E-state index contributed by atoms with van der Waals surface area (Å²) < 4.78 is 0. The Kier molecular flexibility index (Phi) is 5.44. The second-order valence-electron chi connectivity index (χ2n) is 5.26. The summed E-state index contributed by atoms with van der Waals surface area (Å²) in [4.78, 5) is 3.43. The molecule has 0 radical (unpaired) electrons. The normalized spacial score (nSPS) is 19.6. The first-order valence-corrected chi connectivity index (χ1v) is 8.23. The monoisotopic (exact) mass is 319 g/mol. The van der Waals surface area contributed by atoms with Gasteiger partial charge < -0.3 is 10.0 Å². The van der Waals surface area contributed by atoms with Crippen LogP contribution in [-0.4, -0.2) is 41.0 Å². The van der Waals surface area contributed by atoms with Crippen molar-refractivity contribution in [2.75, 3.05) is 25.4 Å². The van der Waals surface area contributed by atoms with Gasteiger partial charge in [0.2, 0.25) is 0 Å². The molecule has 1 N–H and O–H groups in total. The summed E-state index contributed by atoms with van der Waals surface area (Å²) >= 11 is 13.8. The van der Waals surface area contributed by atoms with Crippen molar-refractivity contribution in [3.05, 3.63) is 28.2 Å². The van der Waals surface area contributed by atoms with Crippen LogP contribution >= 0.6 is 35.0 Å². The van der Waals surface area contributed by atoms with Gasteiger partial charge in [-0.3, -0.25) is 0 Å². The molecular weight excluding hydrogens is 301 g/mol. The molecule has 1 saturated heterocycles. The van der Waals surface area contributed by atoms with Gasteiger partial charge in [0.1, 0.15) is 0 Å². The van der Waals surface area contributed by atoms with Crippen molar-refractivity contribution in [2.24, 2.45) is 0 Å². The van der Waals surface area contributed by atoms with Crippen molar-refractivity contribution in [3.63, 3.8) is 0 Å². The Labute approximate surface area is 129 Å². The van der Waals surface area contributed by atoms with E-state index in [9.17, 15) is 5.11 Å². The van der Waals surface area contributed by atoms with Crippen LogP contribution in [0.4, 0.5) is 0 Å². The number of benzene rings is 1. The lowest BCUT2D eigenvalue weighted by Crippen LogP contribution is -2.43. The van der Waals surface area contributed by atoms with Crippen molar-refractivity contribution in [2.45, 2.75) is 30.3 Å². The SMILES string of the molecule is CC1(O)CCN(CCSc2cc(Cl)ccc2Cl)CC1. The number of aliphatic hydroxyl groups is 1. The summed E-state index contributed by atoms with van der Waals surface area (Å²) in [6, 6.07) is 5.56. The molecule has 1 aliphatic rings. The summed E-state index contributed by atoms with van der Waals surface area (Å²) in [5.74, 6) is 0.988. The van der Waals surface area contributed by atoms with Gasteiger partial charge in [-0.1, -0.05) is 23.2 Å². The molecule has 1 aliphatic heterocycles. The molecule has 0 saturated carbocycles. The van der Waals surface area contributed by atoms with Crippen LogP contribution in [0.25, 0.3) is 0 Å². The average Bonchev–Trinajstić information content (AvgIpc) is 2.35. The highest BCUT2D eigenvalue weighted by Crippen LogP contribution is 2.30. The zero-order valence-corrected chi connectivity index (χ0v) is 13.4. The first-order chi connectivity index (χ1) is 8.96. The Hall–Kier alpha value is 0.0700. The van der Waals surface area contributed by atoms with Gasteiger partial charge in [0.15, 0.2) is 0 Å². The Balaban J connectivity index is 1.76. The van der Waals surface area contributed by atoms with Gasteiger partial charge in [-0.05, 0) is 38.0 Å². The van der Waals surface area contributed by atoms with E-state index in [1.54, 1.807) is 17.8 Å². The minimum absolute atomic E-state index is 0.472. The molecule has 1 fully saturated rings. The van der Waals surface area contributed by atoms with E-state index in [2.05, 4.69) is 4.90 Å². The first-order valence-electron chi connectivity index (χ1n) is 6.49. The zero-order valence-electron chi connectivity index (χ0n) is 11.0. The van der Waals surface area contributed by atoms with Crippen molar-refractivity contribution in [1.29, 1.82) is 0 Å². The van der Waals surface area contributed by atoms with Gasteiger partial charge in [-0.25, -0.2) is 0 Å². The number of hydrogen-bond donors (Lipinski definition) is 1. The van der Waals surface area contributed by atoms with Crippen LogP contribution in [0, 0.1) is 0 Å². The summed E-state index contributed by atoms with van der Waals surface area (Å²) in [6.45, 7) is 4.88. The standard InChI is InChI=1S/C14H19Cl2NOS/c1-14(18)4-6-17(7-5-14)8-9-19-13-10-11(15)2-3-12(13)16/h2-3,10,18H,4-9H2,1H3. The second-order valence-corrected chi connectivity index (χ2v) is 7.24. The van der Waals surface area contributed by atoms with Crippen LogP contribution in [-0.2, 0) is 0 Å². The number of rotatable bonds is 4. The maximum Gasteiger partial charge on any atom is 0.0644 e. The third kappa shape index (κ3) is 4.83. The van der Waals surface area contributed by atoms with E-state index < -0.39 is 5.60 Å². The quantitative estimate of drug-likeness (QED) is 0.850. The van der Waals surface area contributed by atoms with Gasteiger partial charge in [-0.2, -0.15) is 0 Å². The van der Waals surface area contributed by atoms with E-state index in [1.165, 1.54) is 0 Å². The molecule has 1 aromatic carbocycles. The Morgan fingerprint density at radius 3 is 2.68 bits per heavy atom. The summed E-state index contributed by atoms with van der Waals surface area (Å²) in [6.07, 6.45) is 1.71. The molecule has 2 rings (SSSR count). The van der Waals surface area contributed by atoms with E-state index >= 15 is 0 Å². The van der Waals surface area contributed by atoms with Crippen LogP contribution in [0.3, 0.4) is 0 Å². The molecule has 0 unspecified atom stereocenters. The van der Waals surface area contributed by atoms with Gasteiger partial charge in [-0.15, -0.1) is 11.8 Å². The molecule has 0 aliphatic carbocycles. The van der Waals surface area contributed by atoms with Gasteiger partial charge in [0.05, 0.1) is 10.6 Å². The predicted molar refractivity (Wildman–Crippen MR) is 83.5 cm³/mol. The molecule has 2 nitrogen and oxygen atoms in total. The fourth-order valence-electron chi connectivity index (χ4n) is 2.13. The molecule has 5 heteroatoms. The van der Waals surface area contributed by atoms with Gasteiger partial charge >= 0.3 is 0 Å². The smallest absolute Gasteiger partial charge is 0.0644 e. The van der Waals surface area contributed by atoms with Crippen LogP contribution < -0.4 is 0 Å².